The Morgan fingerprint density at radius 2 is 1.78 bits per heavy atom. The first-order valence-corrected chi connectivity index (χ1v) is 7.27. The predicted octanol–water partition coefficient (Wildman–Crippen LogP) is 2.74. The van der Waals surface area contributed by atoms with Crippen molar-refractivity contribution < 1.29 is 23.5 Å². The van der Waals surface area contributed by atoms with E-state index < -0.39 is 35.1 Å². The van der Waals surface area contributed by atoms with Gasteiger partial charge in [0.2, 0.25) is 0 Å². The molecule has 0 aliphatic carbocycles. The highest BCUT2D eigenvalue weighted by atomic mass is 32.1. The second-order valence-corrected chi connectivity index (χ2v) is 5.06. The molecule has 2 N–H and O–H groups in total. The SMILES string of the molecule is O=C(N[C@@H](CS)C(=O)O)c1c(-c2ccccc2)ccc(F)c1F. The Morgan fingerprint density at radius 3 is 2.35 bits per heavy atom. The van der Waals surface area contributed by atoms with E-state index >= 15 is 0 Å². The molecular formula is C16H13F2NO3S. The maximum atomic E-state index is 14.2. The number of amides is 1. The van der Waals surface area contributed by atoms with E-state index in [2.05, 4.69) is 17.9 Å². The van der Waals surface area contributed by atoms with Gasteiger partial charge >= 0.3 is 5.97 Å². The average Bonchev–Trinajstić information content (AvgIpc) is 2.55. The van der Waals surface area contributed by atoms with Crippen LogP contribution in [0.3, 0.4) is 0 Å². The number of carbonyl (C=O) groups excluding carboxylic acids is 1. The summed E-state index contributed by atoms with van der Waals surface area (Å²) < 4.78 is 27.7. The van der Waals surface area contributed by atoms with Crippen LogP contribution in [0.5, 0.6) is 0 Å². The molecule has 2 aromatic rings. The first-order chi connectivity index (χ1) is 11.0. The molecule has 1 amide bonds. The van der Waals surface area contributed by atoms with E-state index in [1.54, 1.807) is 30.3 Å². The van der Waals surface area contributed by atoms with E-state index in [4.69, 9.17) is 5.11 Å². The van der Waals surface area contributed by atoms with Gasteiger partial charge in [-0.25, -0.2) is 13.6 Å². The van der Waals surface area contributed by atoms with Gasteiger partial charge in [0, 0.05) is 5.75 Å². The maximum absolute atomic E-state index is 14.2. The van der Waals surface area contributed by atoms with Gasteiger partial charge in [-0.2, -0.15) is 12.6 Å². The van der Waals surface area contributed by atoms with E-state index in [1.807, 2.05) is 0 Å². The number of carboxylic acid groups (broad SMARTS) is 1. The molecule has 4 nitrogen and oxygen atoms in total. The van der Waals surface area contributed by atoms with Crippen LogP contribution in [0.25, 0.3) is 11.1 Å². The van der Waals surface area contributed by atoms with E-state index in [0.29, 0.717) is 5.56 Å². The number of hydrogen-bond donors (Lipinski definition) is 3. The molecule has 2 rings (SSSR count). The fourth-order valence-electron chi connectivity index (χ4n) is 2.05. The van der Waals surface area contributed by atoms with Crippen LogP contribution in [-0.4, -0.2) is 28.8 Å². The van der Waals surface area contributed by atoms with Crippen molar-refractivity contribution in [3.8, 4) is 11.1 Å². The normalized spacial score (nSPS) is 11.8. The van der Waals surface area contributed by atoms with Gasteiger partial charge in [0.05, 0.1) is 5.56 Å². The third kappa shape index (κ3) is 3.68. The van der Waals surface area contributed by atoms with Crippen LogP contribution < -0.4 is 5.32 Å². The van der Waals surface area contributed by atoms with Crippen molar-refractivity contribution in [3.05, 3.63) is 59.7 Å². The summed E-state index contributed by atoms with van der Waals surface area (Å²) >= 11 is 3.82. The summed E-state index contributed by atoms with van der Waals surface area (Å²) in [5.74, 6) is -5.02. The van der Waals surface area contributed by atoms with Crippen LogP contribution in [0.4, 0.5) is 8.78 Å². The van der Waals surface area contributed by atoms with Gasteiger partial charge in [0.25, 0.3) is 5.91 Å². The lowest BCUT2D eigenvalue weighted by atomic mass is 9.98. The molecule has 120 valence electrons. The van der Waals surface area contributed by atoms with E-state index in [0.717, 1.165) is 6.07 Å². The van der Waals surface area contributed by atoms with Crippen molar-refractivity contribution in [1.82, 2.24) is 5.32 Å². The summed E-state index contributed by atoms with van der Waals surface area (Å²) in [6.07, 6.45) is 0. The van der Waals surface area contributed by atoms with Crippen molar-refractivity contribution in [2.45, 2.75) is 6.04 Å². The lowest BCUT2D eigenvalue weighted by Crippen LogP contribution is -2.42. The third-order valence-corrected chi connectivity index (χ3v) is 3.56. The minimum Gasteiger partial charge on any atom is -0.480 e. The minimum atomic E-state index is -1.33. The summed E-state index contributed by atoms with van der Waals surface area (Å²) in [5.41, 5.74) is 0.142. The monoisotopic (exact) mass is 337 g/mol. The van der Waals surface area contributed by atoms with Gasteiger partial charge in [-0.3, -0.25) is 4.79 Å². The fraction of sp³-hybridized carbons (Fsp3) is 0.125. The molecule has 0 unspecified atom stereocenters. The standard InChI is InChI=1S/C16H13F2NO3S/c17-11-7-6-10(9-4-2-1-3-5-9)13(14(11)18)15(20)19-12(8-23)16(21)22/h1-7,12,23H,8H2,(H,19,20)(H,21,22)/t12-/m0/s1. The number of nitrogens with one attached hydrogen (secondary N) is 1. The zero-order valence-corrected chi connectivity index (χ0v) is 12.7. The number of rotatable bonds is 5. The highest BCUT2D eigenvalue weighted by Gasteiger charge is 2.25. The van der Waals surface area contributed by atoms with Gasteiger partial charge in [-0.1, -0.05) is 36.4 Å². The van der Waals surface area contributed by atoms with E-state index in [9.17, 15) is 18.4 Å². The van der Waals surface area contributed by atoms with Crippen LogP contribution in [0, 0.1) is 11.6 Å². The zero-order valence-electron chi connectivity index (χ0n) is 11.8. The Morgan fingerprint density at radius 1 is 1.13 bits per heavy atom. The van der Waals surface area contributed by atoms with Gasteiger partial charge < -0.3 is 10.4 Å². The Labute approximate surface area is 136 Å². The number of carbonyl (C=O) groups is 2. The highest BCUT2D eigenvalue weighted by Crippen LogP contribution is 2.27. The molecule has 0 aliphatic heterocycles. The lowest BCUT2D eigenvalue weighted by molar-refractivity contribution is -0.138. The highest BCUT2D eigenvalue weighted by molar-refractivity contribution is 7.80. The van der Waals surface area contributed by atoms with Crippen LogP contribution in [-0.2, 0) is 4.79 Å². The molecule has 0 aromatic heterocycles. The Hall–Kier alpha value is -2.41. The number of hydrogen-bond acceptors (Lipinski definition) is 3. The van der Waals surface area contributed by atoms with Gasteiger partial charge in [0.15, 0.2) is 11.6 Å². The molecule has 0 radical (unpaired) electrons. The molecular weight excluding hydrogens is 324 g/mol. The molecule has 0 saturated heterocycles. The van der Waals surface area contributed by atoms with Crippen molar-refractivity contribution in [2.24, 2.45) is 0 Å². The Bertz CT molecular complexity index is 738. The first-order valence-electron chi connectivity index (χ1n) is 6.63. The van der Waals surface area contributed by atoms with Crippen LogP contribution in [0.1, 0.15) is 10.4 Å². The Balaban J connectivity index is 2.50. The second-order valence-electron chi connectivity index (χ2n) is 4.70. The summed E-state index contributed by atoms with van der Waals surface area (Å²) in [6, 6.07) is 9.27. The van der Waals surface area contributed by atoms with Crippen LogP contribution >= 0.6 is 12.6 Å². The molecule has 1 atom stereocenters. The molecule has 0 heterocycles. The van der Waals surface area contributed by atoms with Crippen molar-refractivity contribution in [2.75, 3.05) is 5.75 Å². The molecule has 7 heteroatoms. The smallest absolute Gasteiger partial charge is 0.327 e. The van der Waals surface area contributed by atoms with Crippen LogP contribution in [0.2, 0.25) is 0 Å². The Kier molecular flexibility index (Phi) is 5.33. The van der Waals surface area contributed by atoms with Crippen molar-refractivity contribution in [1.29, 1.82) is 0 Å². The number of carboxylic acids is 1. The molecule has 0 saturated carbocycles. The van der Waals surface area contributed by atoms with Gasteiger partial charge in [-0.05, 0) is 17.2 Å². The zero-order chi connectivity index (χ0) is 17.0. The number of thiol groups is 1. The van der Waals surface area contributed by atoms with Crippen LogP contribution in [0.15, 0.2) is 42.5 Å². The summed E-state index contributed by atoms with van der Waals surface area (Å²) in [7, 11) is 0. The minimum absolute atomic E-state index is 0.172. The number of aliphatic carboxylic acids is 1. The average molecular weight is 337 g/mol. The fourth-order valence-corrected chi connectivity index (χ4v) is 2.29. The van der Waals surface area contributed by atoms with Gasteiger partial charge in [0.1, 0.15) is 6.04 Å². The molecule has 0 aliphatic rings. The quantitative estimate of drug-likeness (QED) is 0.735. The van der Waals surface area contributed by atoms with E-state index in [1.165, 1.54) is 6.07 Å². The molecule has 0 fully saturated rings. The largest absolute Gasteiger partial charge is 0.480 e. The molecule has 23 heavy (non-hydrogen) atoms. The predicted molar refractivity (Wildman–Crippen MR) is 84.5 cm³/mol. The van der Waals surface area contributed by atoms with E-state index in [-0.39, 0.29) is 11.3 Å². The second kappa shape index (κ2) is 7.23. The van der Waals surface area contributed by atoms with Crippen molar-refractivity contribution in [3.63, 3.8) is 0 Å². The first kappa shape index (κ1) is 17.0. The van der Waals surface area contributed by atoms with Crippen molar-refractivity contribution >= 4 is 24.5 Å². The summed E-state index contributed by atoms with van der Waals surface area (Å²) in [5, 5.41) is 11.1. The topological polar surface area (TPSA) is 66.4 Å². The number of benzene rings is 2. The molecule has 0 spiro atoms. The maximum Gasteiger partial charge on any atom is 0.327 e. The lowest BCUT2D eigenvalue weighted by Gasteiger charge is -2.15. The summed E-state index contributed by atoms with van der Waals surface area (Å²) in [6.45, 7) is 0. The number of halogens is 2. The molecule has 2 aromatic carbocycles. The molecule has 0 bridgehead atoms. The summed E-state index contributed by atoms with van der Waals surface area (Å²) in [4.78, 5) is 23.2. The van der Waals surface area contributed by atoms with Gasteiger partial charge in [-0.15, -0.1) is 0 Å². The third-order valence-electron chi connectivity index (χ3n) is 3.19.